The number of carboxylic acid groups (broad SMARTS) is 1. The molecule has 3 heterocycles. The summed E-state index contributed by atoms with van der Waals surface area (Å²) in [6.45, 7) is 1.46. The van der Waals surface area contributed by atoms with Gasteiger partial charge in [-0.2, -0.15) is 0 Å². The third kappa shape index (κ3) is 1.93. The third-order valence-electron chi connectivity index (χ3n) is 3.44. The lowest BCUT2D eigenvalue weighted by molar-refractivity contribution is 0.0302. The maximum Gasteiger partial charge on any atom is 0.337 e. The van der Waals surface area contributed by atoms with Crippen LogP contribution >= 0.6 is 11.6 Å². The Morgan fingerprint density at radius 3 is 2.72 bits per heavy atom. The van der Waals surface area contributed by atoms with Crippen LogP contribution in [0.15, 0.2) is 12.3 Å². The molecule has 1 aromatic rings. The lowest BCUT2D eigenvalue weighted by Crippen LogP contribution is -2.43. The highest BCUT2D eigenvalue weighted by Crippen LogP contribution is 2.33. The first kappa shape index (κ1) is 11.7. The van der Waals surface area contributed by atoms with Crippen molar-refractivity contribution in [1.82, 2.24) is 4.98 Å². The van der Waals surface area contributed by atoms with Crippen molar-refractivity contribution in [2.45, 2.75) is 25.0 Å². The molecule has 1 aromatic heterocycles. The number of anilines is 1. The summed E-state index contributed by atoms with van der Waals surface area (Å²) in [5.74, 6) is -0.475. The van der Waals surface area contributed by atoms with E-state index in [-0.39, 0.29) is 22.8 Å². The zero-order valence-electron chi connectivity index (χ0n) is 9.67. The van der Waals surface area contributed by atoms with Crippen molar-refractivity contribution < 1.29 is 14.6 Å². The topological polar surface area (TPSA) is 62.7 Å². The molecule has 0 saturated carbocycles. The predicted octanol–water partition coefficient (Wildman–Crippen LogP) is 1.80. The Morgan fingerprint density at radius 2 is 2.11 bits per heavy atom. The summed E-state index contributed by atoms with van der Waals surface area (Å²) in [5.41, 5.74) is 0.0977. The average molecular weight is 269 g/mol. The van der Waals surface area contributed by atoms with Gasteiger partial charge in [0.25, 0.3) is 0 Å². The van der Waals surface area contributed by atoms with Crippen LogP contribution in [0.4, 0.5) is 5.82 Å². The predicted molar refractivity (Wildman–Crippen MR) is 66.3 cm³/mol. The molecule has 0 aromatic carbocycles. The van der Waals surface area contributed by atoms with Crippen LogP contribution in [0.5, 0.6) is 0 Å². The number of carbonyl (C=O) groups is 1. The highest BCUT2D eigenvalue weighted by Gasteiger charge is 2.35. The zero-order chi connectivity index (χ0) is 12.7. The molecule has 0 radical (unpaired) electrons. The monoisotopic (exact) mass is 268 g/mol. The Morgan fingerprint density at radius 1 is 1.44 bits per heavy atom. The molecule has 2 aliphatic rings. The van der Waals surface area contributed by atoms with Gasteiger partial charge in [0.15, 0.2) is 0 Å². The molecule has 96 valence electrons. The van der Waals surface area contributed by atoms with Gasteiger partial charge >= 0.3 is 5.97 Å². The lowest BCUT2D eigenvalue weighted by Gasteiger charge is -2.33. The Hall–Kier alpha value is -1.33. The van der Waals surface area contributed by atoms with Gasteiger partial charge in [-0.05, 0) is 18.9 Å². The number of halogens is 1. The summed E-state index contributed by atoms with van der Waals surface area (Å²) in [6, 6.07) is 1.42. The van der Waals surface area contributed by atoms with Crippen molar-refractivity contribution in [2.75, 3.05) is 18.0 Å². The van der Waals surface area contributed by atoms with Crippen molar-refractivity contribution in [2.24, 2.45) is 0 Å². The highest BCUT2D eigenvalue weighted by atomic mass is 35.5. The molecule has 6 heteroatoms. The number of rotatable bonds is 2. The number of fused-ring (bicyclic) bond motifs is 2. The number of ether oxygens (including phenoxy) is 1. The fourth-order valence-corrected chi connectivity index (χ4v) is 2.92. The Kier molecular flexibility index (Phi) is 2.87. The molecule has 2 atom stereocenters. The van der Waals surface area contributed by atoms with Crippen LogP contribution in [0, 0.1) is 0 Å². The fraction of sp³-hybridized carbons (Fsp3) is 0.500. The Labute approximate surface area is 109 Å². The molecular formula is C12H13ClN2O3. The quantitative estimate of drug-likeness (QED) is 0.886. The summed E-state index contributed by atoms with van der Waals surface area (Å²) in [5, 5.41) is 9.26. The van der Waals surface area contributed by atoms with Crippen LogP contribution in [0.3, 0.4) is 0 Å². The van der Waals surface area contributed by atoms with Gasteiger partial charge in [0.1, 0.15) is 5.82 Å². The van der Waals surface area contributed by atoms with E-state index in [2.05, 4.69) is 4.98 Å². The fourth-order valence-electron chi connectivity index (χ4n) is 2.61. The molecular weight excluding hydrogens is 256 g/mol. The molecule has 2 saturated heterocycles. The number of pyridine rings is 1. The maximum absolute atomic E-state index is 11.0. The Balaban J connectivity index is 1.92. The summed E-state index contributed by atoms with van der Waals surface area (Å²) < 4.78 is 5.74. The first-order chi connectivity index (χ1) is 8.65. The molecule has 0 aliphatic carbocycles. The summed E-state index contributed by atoms with van der Waals surface area (Å²) in [7, 11) is 0. The van der Waals surface area contributed by atoms with E-state index < -0.39 is 5.97 Å². The first-order valence-corrected chi connectivity index (χ1v) is 6.31. The highest BCUT2D eigenvalue weighted by molar-refractivity contribution is 6.35. The normalized spacial score (nSPS) is 26.4. The van der Waals surface area contributed by atoms with Crippen LogP contribution in [-0.2, 0) is 4.74 Å². The number of hydrogen-bond donors (Lipinski definition) is 1. The second kappa shape index (κ2) is 4.40. The minimum absolute atomic E-state index is 0.0977. The van der Waals surface area contributed by atoms with Crippen LogP contribution in [0.2, 0.25) is 5.02 Å². The molecule has 2 bridgehead atoms. The molecule has 2 unspecified atom stereocenters. The first-order valence-electron chi connectivity index (χ1n) is 5.93. The Bertz CT molecular complexity index is 482. The van der Waals surface area contributed by atoms with Crippen molar-refractivity contribution in [3.05, 3.63) is 22.8 Å². The number of hydrogen-bond acceptors (Lipinski definition) is 4. The van der Waals surface area contributed by atoms with E-state index in [0.29, 0.717) is 5.82 Å². The minimum Gasteiger partial charge on any atom is -0.478 e. The zero-order valence-corrected chi connectivity index (χ0v) is 10.4. The van der Waals surface area contributed by atoms with Gasteiger partial charge in [0, 0.05) is 19.3 Å². The van der Waals surface area contributed by atoms with Crippen LogP contribution in [0.25, 0.3) is 0 Å². The van der Waals surface area contributed by atoms with Crippen molar-refractivity contribution in [1.29, 1.82) is 0 Å². The summed E-state index contributed by atoms with van der Waals surface area (Å²) >= 11 is 6.13. The molecule has 5 nitrogen and oxygen atoms in total. The number of nitrogens with zero attached hydrogens (tertiary/aromatic N) is 2. The number of aromatic carboxylic acids is 1. The van der Waals surface area contributed by atoms with E-state index in [1.165, 1.54) is 12.3 Å². The van der Waals surface area contributed by atoms with Gasteiger partial charge in [0.2, 0.25) is 0 Å². The number of carboxylic acids is 1. The second-order valence-corrected chi connectivity index (χ2v) is 5.04. The summed E-state index contributed by atoms with van der Waals surface area (Å²) in [6.07, 6.45) is 4.03. The second-order valence-electron chi connectivity index (χ2n) is 4.66. The third-order valence-corrected chi connectivity index (χ3v) is 3.82. The van der Waals surface area contributed by atoms with Crippen molar-refractivity contribution in [3.63, 3.8) is 0 Å². The van der Waals surface area contributed by atoms with Crippen LogP contribution in [-0.4, -0.2) is 41.4 Å². The molecule has 1 N–H and O–H groups in total. The van der Waals surface area contributed by atoms with Crippen molar-refractivity contribution >= 4 is 23.4 Å². The van der Waals surface area contributed by atoms with Gasteiger partial charge in [0.05, 0.1) is 22.8 Å². The van der Waals surface area contributed by atoms with Crippen LogP contribution in [0.1, 0.15) is 23.2 Å². The molecule has 18 heavy (non-hydrogen) atoms. The van der Waals surface area contributed by atoms with E-state index in [4.69, 9.17) is 21.4 Å². The molecule has 2 aliphatic heterocycles. The molecule has 3 rings (SSSR count). The van der Waals surface area contributed by atoms with Crippen molar-refractivity contribution in [3.8, 4) is 0 Å². The SMILES string of the molecule is O=C(O)c1ccnc(N2CC3CCC(C2)O3)c1Cl. The molecule has 2 fully saturated rings. The lowest BCUT2D eigenvalue weighted by atomic mass is 10.2. The van der Waals surface area contributed by atoms with Gasteiger partial charge < -0.3 is 14.7 Å². The van der Waals surface area contributed by atoms with E-state index in [9.17, 15) is 4.79 Å². The van der Waals surface area contributed by atoms with Gasteiger partial charge in [-0.3, -0.25) is 0 Å². The van der Waals surface area contributed by atoms with E-state index in [1.807, 2.05) is 4.90 Å². The average Bonchev–Trinajstić information content (AvgIpc) is 2.68. The van der Waals surface area contributed by atoms with Crippen LogP contribution < -0.4 is 4.90 Å². The van der Waals surface area contributed by atoms with E-state index in [0.717, 1.165) is 25.9 Å². The largest absolute Gasteiger partial charge is 0.478 e. The van der Waals surface area contributed by atoms with Gasteiger partial charge in [-0.15, -0.1) is 0 Å². The number of morpholine rings is 1. The molecule has 0 spiro atoms. The van der Waals surface area contributed by atoms with Gasteiger partial charge in [-0.1, -0.05) is 11.6 Å². The summed E-state index contributed by atoms with van der Waals surface area (Å²) in [4.78, 5) is 17.3. The van der Waals surface area contributed by atoms with E-state index in [1.54, 1.807) is 0 Å². The maximum atomic E-state index is 11.0. The smallest absolute Gasteiger partial charge is 0.337 e. The van der Waals surface area contributed by atoms with E-state index >= 15 is 0 Å². The van der Waals surface area contributed by atoms with Gasteiger partial charge in [-0.25, -0.2) is 9.78 Å². The standard InChI is InChI=1S/C12H13ClN2O3/c13-10-9(12(16)17)3-4-14-11(10)15-5-7-1-2-8(6-15)18-7/h3-4,7-8H,1-2,5-6H2,(H,16,17). The minimum atomic E-state index is -1.03. The number of aromatic nitrogens is 1. The molecule has 0 amide bonds.